The van der Waals surface area contributed by atoms with E-state index in [9.17, 15) is 9.67 Å². The summed E-state index contributed by atoms with van der Waals surface area (Å²) in [5.74, 6) is 0. The summed E-state index contributed by atoms with van der Waals surface area (Å²) in [4.78, 5) is 0. The van der Waals surface area contributed by atoms with Crippen LogP contribution >= 0.6 is 7.14 Å². The standard InChI is InChI=1S/C19H23O2P/c20-19(15-9-1-2-10-16-19)22(21,17-11-5-3-6-12-17)18-13-7-4-8-14-18/h3-8,11-14,20H,1-2,9-10,15-16H2. The SMILES string of the molecule is O=P(c1ccccc1)(c1ccccc1)C1(O)CCCCCC1. The van der Waals surface area contributed by atoms with Crippen molar-refractivity contribution in [2.45, 2.75) is 43.9 Å². The number of benzene rings is 2. The first-order valence-corrected chi connectivity index (χ1v) is 9.81. The molecule has 0 atom stereocenters. The van der Waals surface area contributed by atoms with E-state index in [0.29, 0.717) is 12.8 Å². The Labute approximate surface area is 132 Å². The van der Waals surface area contributed by atoms with E-state index in [4.69, 9.17) is 0 Å². The van der Waals surface area contributed by atoms with Crippen molar-refractivity contribution in [2.24, 2.45) is 0 Å². The van der Waals surface area contributed by atoms with E-state index in [1.165, 1.54) is 0 Å². The van der Waals surface area contributed by atoms with E-state index >= 15 is 0 Å². The molecule has 1 N–H and O–H groups in total. The Balaban J connectivity index is 2.17. The van der Waals surface area contributed by atoms with Crippen molar-refractivity contribution in [2.75, 3.05) is 0 Å². The lowest BCUT2D eigenvalue weighted by Gasteiger charge is -2.36. The van der Waals surface area contributed by atoms with Gasteiger partial charge in [-0.25, -0.2) is 0 Å². The molecule has 22 heavy (non-hydrogen) atoms. The molecule has 1 aliphatic carbocycles. The average molecular weight is 314 g/mol. The second kappa shape index (κ2) is 6.40. The third kappa shape index (κ3) is 2.66. The van der Waals surface area contributed by atoms with E-state index < -0.39 is 12.5 Å². The topological polar surface area (TPSA) is 37.3 Å². The maximum absolute atomic E-state index is 14.2. The molecule has 0 aliphatic heterocycles. The highest BCUT2D eigenvalue weighted by atomic mass is 31.2. The largest absolute Gasteiger partial charge is 0.381 e. The van der Waals surface area contributed by atoms with E-state index in [0.717, 1.165) is 36.3 Å². The zero-order valence-corrected chi connectivity index (χ0v) is 13.7. The third-order valence-electron chi connectivity index (χ3n) is 4.73. The Morgan fingerprint density at radius 2 is 1.14 bits per heavy atom. The Morgan fingerprint density at radius 1 is 0.727 bits per heavy atom. The fourth-order valence-electron chi connectivity index (χ4n) is 3.52. The van der Waals surface area contributed by atoms with Crippen LogP contribution < -0.4 is 10.6 Å². The molecule has 1 aliphatic rings. The fourth-order valence-corrected chi connectivity index (χ4v) is 6.90. The van der Waals surface area contributed by atoms with Crippen LogP contribution in [0.4, 0.5) is 0 Å². The monoisotopic (exact) mass is 314 g/mol. The smallest absolute Gasteiger partial charge is 0.173 e. The minimum Gasteiger partial charge on any atom is -0.381 e. The molecule has 0 bridgehead atoms. The van der Waals surface area contributed by atoms with E-state index in [1.54, 1.807) is 0 Å². The molecule has 1 saturated carbocycles. The van der Waals surface area contributed by atoms with Crippen molar-refractivity contribution in [3.8, 4) is 0 Å². The lowest BCUT2D eigenvalue weighted by molar-refractivity contribution is 0.108. The molecule has 3 heteroatoms. The summed E-state index contributed by atoms with van der Waals surface area (Å²) in [6, 6.07) is 19.1. The van der Waals surface area contributed by atoms with Crippen molar-refractivity contribution < 1.29 is 9.67 Å². The van der Waals surface area contributed by atoms with Gasteiger partial charge >= 0.3 is 0 Å². The Kier molecular flexibility index (Phi) is 4.52. The van der Waals surface area contributed by atoms with E-state index in [-0.39, 0.29) is 0 Å². The first-order valence-electron chi connectivity index (χ1n) is 8.11. The predicted octanol–water partition coefficient (Wildman–Crippen LogP) is 4.04. The van der Waals surface area contributed by atoms with Crippen LogP contribution in [0.2, 0.25) is 0 Å². The highest BCUT2D eigenvalue weighted by molar-refractivity contribution is 7.79. The summed E-state index contributed by atoms with van der Waals surface area (Å²) in [5, 5.41) is 11.8. The van der Waals surface area contributed by atoms with Gasteiger partial charge < -0.3 is 9.67 Å². The quantitative estimate of drug-likeness (QED) is 0.685. The first kappa shape index (κ1) is 15.5. The molecule has 1 fully saturated rings. The molecule has 0 radical (unpaired) electrons. The van der Waals surface area contributed by atoms with Crippen LogP contribution in [0.25, 0.3) is 0 Å². The first-order chi connectivity index (χ1) is 10.7. The van der Waals surface area contributed by atoms with Crippen molar-refractivity contribution in [3.63, 3.8) is 0 Å². The van der Waals surface area contributed by atoms with Gasteiger partial charge in [0.25, 0.3) is 0 Å². The Bertz CT molecular complexity index is 600. The normalized spacial score (nSPS) is 18.6. The molecule has 0 heterocycles. The highest BCUT2D eigenvalue weighted by Gasteiger charge is 2.48. The molecular formula is C19H23O2P. The molecule has 2 aromatic carbocycles. The molecule has 0 saturated heterocycles. The number of aliphatic hydroxyl groups is 1. The van der Waals surface area contributed by atoms with Crippen molar-refractivity contribution in [3.05, 3.63) is 60.7 Å². The van der Waals surface area contributed by atoms with Gasteiger partial charge in [-0.1, -0.05) is 86.3 Å². The Hall–Kier alpha value is -1.37. The van der Waals surface area contributed by atoms with Gasteiger partial charge in [-0.05, 0) is 12.8 Å². The van der Waals surface area contributed by atoms with Gasteiger partial charge in [-0.3, -0.25) is 0 Å². The van der Waals surface area contributed by atoms with Crippen LogP contribution in [-0.4, -0.2) is 10.4 Å². The van der Waals surface area contributed by atoms with Crippen molar-refractivity contribution >= 4 is 17.8 Å². The van der Waals surface area contributed by atoms with Crippen LogP contribution in [0.1, 0.15) is 38.5 Å². The third-order valence-corrected chi connectivity index (χ3v) is 8.40. The van der Waals surface area contributed by atoms with Gasteiger partial charge in [-0.15, -0.1) is 0 Å². The van der Waals surface area contributed by atoms with Crippen LogP contribution in [-0.2, 0) is 4.57 Å². The van der Waals surface area contributed by atoms with Crippen molar-refractivity contribution in [1.29, 1.82) is 0 Å². The number of rotatable bonds is 3. The van der Waals surface area contributed by atoms with Crippen LogP contribution in [0, 0.1) is 0 Å². The van der Waals surface area contributed by atoms with Crippen LogP contribution in [0.5, 0.6) is 0 Å². The molecule has 3 rings (SSSR count). The van der Waals surface area contributed by atoms with Crippen LogP contribution in [0.3, 0.4) is 0 Å². The summed E-state index contributed by atoms with van der Waals surface area (Å²) >= 11 is 0. The molecule has 0 unspecified atom stereocenters. The maximum Gasteiger partial charge on any atom is 0.173 e. The van der Waals surface area contributed by atoms with Gasteiger partial charge in [0, 0.05) is 10.6 Å². The molecule has 116 valence electrons. The molecule has 0 amide bonds. The minimum atomic E-state index is -3.08. The van der Waals surface area contributed by atoms with E-state index in [2.05, 4.69) is 0 Å². The summed E-state index contributed by atoms with van der Waals surface area (Å²) in [6.07, 6.45) is 5.36. The second-order valence-electron chi connectivity index (χ2n) is 6.18. The van der Waals surface area contributed by atoms with Gasteiger partial charge in [0.05, 0.1) is 0 Å². The fraction of sp³-hybridized carbons (Fsp3) is 0.368. The number of hydrogen-bond acceptors (Lipinski definition) is 2. The molecule has 2 aromatic rings. The van der Waals surface area contributed by atoms with Gasteiger partial charge in [0.1, 0.15) is 5.34 Å². The Morgan fingerprint density at radius 3 is 1.55 bits per heavy atom. The summed E-state index contributed by atoms with van der Waals surface area (Å²) in [6.45, 7) is 0. The highest BCUT2D eigenvalue weighted by Crippen LogP contribution is 2.59. The average Bonchev–Trinajstić information content (AvgIpc) is 2.81. The van der Waals surface area contributed by atoms with Gasteiger partial charge in [0.15, 0.2) is 7.14 Å². The lowest BCUT2D eigenvalue weighted by atomic mass is 10.1. The second-order valence-corrected chi connectivity index (χ2v) is 9.26. The van der Waals surface area contributed by atoms with Gasteiger partial charge in [-0.2, -0.15) is 0 Å². The summed E-state index contributed by atoms with van der Waals surface area (Å²) in [5.41, 5.74) is 0. The lowest BCUT2D eigenvalue weighted by Crippen LogP contribution is -2.37. The predicted molar refractivity (Wildman–Crippen MR) is 92.4 cm³/mol. The van der Waals surface area contributed by atoms with Gasteiger partial charge in [0.2, 0.25) is 0 Å². The van der Waals surface area contributed by atoms with E-state index in [1.807, 2.05) is 60.7 Å². The molecule has 2 nitrogen and oxygen atoms in total. The van der Waals surface area contributed by atoms with Crippen molar-refractivity contribution in [1.82, 2.24) is 0 Å². The molecule has 0 spiro atoms. The molecular weight excluding hydrogens is 291 g/mol. The number of hydrogen-bond donors (Lipinski definition) is 1. The maximum atomic E-state index is 14.2. The zero-order valence-electron chi connectivity index (χ0n) is 12.8. The zero-order chi connectivity index (χ0) is 15.5. The summed E-state index contributed by atoms with van der Waals surface area (Å²) < 4.78 is 14.2. The van der Waals surface area contributed by atoms with Crippen LogP contribution in [0.15, 0.2) is 60.7 Å². The summed E-state index contributed by atoms with van der Waals surface area (Å²) in [7, 11) is -3.08. The molecule has 0 aromatic heterocycles. The minimum absolute atomic E-state index is 0.619.